The Morgan fingerprint density at radius 2 is 2.05 bits per heavy atom. The first-order chi connectivity index (χ1) is 10.0. The molecule has 3 nitrogen and oxygen atoms in total. The summed E-state index contributed by atoms with van der Waals surface area (Å²) in [5.41, 5.74) is 2.05. The molecule has 3 rings (SSSR count). The second-order valence-electron chi connectivity index (χ2n) is 5.25. The van der Waals surface area contributed by atoms with E-state index in [1.165, 1.54) is 11.1 Å². The molecule has 0 radical (unpaired) electrons. The van der Waals surface area contributed by atoms with Gasteiger partial charge in [-0.15, -0.1) is 11.3 Å². The number of ether oxygens (including phenoxy) is 1. The zero-order valence-electron chi connectivity index (χ0n) is 12.2. The molecule has 0 atom stereocenters. The molecule has 0 unspecified atom stereocenters. The van der Waals surface area contributed by atoms with Crippen LogP contribution >= 0.6 is 11.3 Å². The Hall–Kier alpha value is -2.07. The highest BCUT2D eigenvalue weighted by atomic mass is 32.1. The van der Waals surface area contributed by atoms with Gasteiger partial charge in [0.05, 0.1) is 17.1 Å². The lowest BCUT2D eigenvalue weighted by atomic mass is 10.1. The maximum absolute atomic E-state index is 12.6. The lowest BCUT2D eigenvalue weighted by molar-refractivity contribution is 0.242. The summed E-state index contributed by atoms with van der Waals surface area (Å²) in [7, 11) is 0. The fraction of sp³-hybridized carbons (Fsp3) is 0.235. The molecular formula is C17H16O3S. The summed E-state index contributed by atoms with van der Waals surface area (Å²) in [6.07, 6.45) is 1.62. The van der Waals surface area contributed by atoms with Gasteiger partial charge in [-0.1, -0.05) is 0 Å². The average molecular weight is 300 g/mol. The summed E-state index contributed by atoms with van der Waals surface area (Å²) < 4.78 is 11.3. The van der Waals surface area contributed by atoms with E-state index in [4.69, 9.17) is 9.15 Å². The van der Waals surface area contributed by atoms with Gasteiger partial charge in [-0.25, -0.2) is 0 Å². The van der Waals surface area contributed by atoms with E-state index in [9.17, 15) is 4.79 Å². The molecule has 108 valence electrons. The molecule has 3 aromatic rings. The van der Waals surface area contributed by atoms with E-state index in [1.54, 1.807) is 23.5 Å². The van der Waals surface area contributed by atoms with Gasteiger partial charge in [-0.3, -0.25) is 4.79 Å². The monoisotopic (exact) mass is 300 g/mol. The van der Waals surface area contributed by atoms with Crippen molar-refractivity contribution in [2.24, 2.45) is 0 Å². The number of rotatable bonds is 3. The molecule has 2 aromatic heterocycles. The van der Waals surface area contributed by atoms with Crippen LogP contribution in [-0.2, 0) is 0 Å². The Bertz CT molecular complexity index is 843. The molecule has 0 aliphatic heterocycles. The molecule has 0 aliphatic rings. The molecule has 0 N–H and O–H groups in total. The van der Waals surface area contributed by atoms with Crippen LogP contribution in [0.3, 0.4) is 0 Å². The number of benzene rings is 1. The topological polar surface area (TPSA) is 39.4 Å². The van der Waals surface area contributed by atoms with E-state index in [2.05, 4.69) is 0 Å². The second kappa shape index (κ2) is 5.37. The number of aryl methyl sites for hydroxylation is 1. The van der Waals surface area contributed by atoms with Gasteiger partial charge in [0, 0.05) is 10.9 Å². The molecule has 4 heteroatoms. The molecule has 0 spiro atoms. The van der Waals surface area contributed by atoms with Crippen LogP contribution in [-0.4, -0.2) is 6.10 Å². The van der Waals surface area contributed by atoms with Crippen LogP contribution in [0.2, 0.25) is 0 Å². The smallest absolute Gasteiger partial charge is 0.200 e. The molecule has 2 heterocycles. The van der Waals surface area contributed by atoms with E-state index in [0.29, 0.717) is 22.3 Å². The number of fused-ring (bicyclic) bond motifs is 1. The van der Waals surface area contributed by atoms with Crippen molar-refractivity contribution in [1.29, 1.82) is 0 Å². The van der Waals surface area contributed by atoms with Crippen molar-refractivity contribution in [3.63, 3.8) is 0 Å². The van der Waals surface area contributed by atoms with Crippen molar-refractivity contribution < 1.29 is 9.15 Å². The van der Waals surface area contributed by atoms with E-state index >= 15 is 0 Å². The van der Waals surface area contributed by atoms with E-state index < -0.39 is 0 Å². The molecule has 0 aliphatic carbocycles. The molecule has 0 fully saturated rings. The summed E-state index contributed by atoms with van der Waals surface area (Å²) in [4.78, 5) is 13.7. The summed E-state index contributed by atoms with van der Waals surface area (Å²) in [5, 5.41) is 2.55. The maximum atomic E-state index is 12.6. The van der Waals surface area contributed by atoms with Crippen LogP contribution < -0.4 is 10.2 Å². The Balaban J connectivity index is 2.11. The third-order valence-electron chi connectivity index (χ3n) is 3.16. The predicted molar refractivity (Wildman–Crippen MR) is 86.3 cm³/mol. The van der Waals surface area contributed by atoms with Gasteiger partial charge in [0.15, 0.2) is 0 Å². The first-order valence-electron chi connectivity index (χ1n) is 6.82. The van der Waals surface area contributed by atoms with Crippen LogP contribution in [0, 0.1) is 6.92 Å². The Morgan fingerprint density at radius 3 is 2.71 bits per heavy atom. The Kier molecular flexibility index (Phi) is 3.55. The van der Waals surface area contributed by atoms with Gasteiger partial charge in [-0.2, -0.15) is 0 Å². The second-order valence-corrected chi connectivity index (χ2v) is 6.36. The Labute approximate surface area is 126 Å². The van der Waals surface area contributed by atoms with Crippen molar-refractivity contribution in [2.75, 3.05) is 0 Å². The Morgan fingerprint density at radius 1 is 1.24 bits per heavy atom. The summed E-state index contributed by atoms with van der Waals surface area (Å²) in [6.45, 7) is 5.94. The quantitative estimate of drug-likeness (QED) is 0.708. The molecule has 0 saturated heterocycles. The van der Waals surface area contributed by atoms with Crippen molar-refractivity contribution >= 4 is 22.3 Å². The average Bonchev–Trinajstić information content (AvgIpc) is 2.85. The molecule has 0 amide bonds. The van der Waals surface area contributed by atoms with Gasteiger partial charge in [0.2, 0.25) is 5.43 Å². The minimum Gasteiger partial charge on any atom is -0.491 e. The lowest BCUT2D eigenvalue weighted by Crippen LogP contribution is -2.07. The number of hydrogen-bond acceptors (Lipinski definition) is 4. The van der Waals surface area contributed by atoms with Crippen LogP contribution in [0.5, 0.6) is 5.75 Å². The van der Waals surface area contributed by atoms with Gasteiger partial charge >= 0.3 is 0 Å². The minimum atomic E-state index is -0.00912. The highest BCUT2D eigenvalue weighted by Crippen LogP contribution is 2.26. The first-order valence-corrected chi connectivity index (χ1v) is 7.70. The third-order valence-corrected chi connectivity index (χ3v) is 4.02. The van der Waals surface area contributed by atoms with Gasteiger partial charge in [-0.05, 0) is 49.9 Å². The number of hydrogen-bond donors (Lipinski definition) is 0. The van der Waals surface area contributed by atoms with Crippen LogP contribution in [0.25, 0.3) is 22.1 Å². The van der Waals surface area contributed by atoms with Crippen molar-refractivity contribution in [3.8, 4) is 16.9 Å². The summed E-state index contributed by atoms with van der Waals surface area (Å²) in [5.74, 6) is 0.708. The molecule has 0 bridgehead atoms. The SMILES string of the molecule is Cc1cc(-c2coc3cc(OC(C)C)ccc3c2=O)cs1. The predicted octanol–water partition coefficient (Wildman–Crippen LogP) is 4.62. The largest absolute Gasteiger partial charge is 0.491 e. The highest BCUT2D eigenvalue weighted by molar-refractivity contribution is 7.10. The van der Waals surface area contributed by atoms with Gasteiger partial charge < -0.3 is 9.15 Å². The maximum Gasteiger partial charge on any atom is 0.200 e. The van der Waals surface area contributed by atoms with Crippen molar-refractivity contribution in [3.05, 3.63) is 51.0 Å². The zero-order valence-corrected chi connectivity index (χ0v) is 13.0. The fourth-order valence-corrected chi connectivity index (χ4v) is 2.94. The number of thiophene rings is 1. The van der Waals surface area contributed by atoms with Crippen LogP contribution in [0.15, 0.2) is 45.1 Å². The van der Waals surface area contributed by atoms with E-state index in [0.717, 1.165) is 5.56 Å². The lowest BCUT2D eigenvalue weighted by Gasteiger charge is -2.09. The molecule has 1 aromatic carbocycles. The third kappa shape index (κ3) is 2.72. The summed E-state index contributed by atoms with van der Waals surface area (Å²) >= 11 is 1.62. The highest BCUT2D eigenvalue weighted by Gasteiger charge is 2.11. The first kappa shape index (κ1) is 13.9. The minimum absolute atomic E-state index is 0.00912. The van der Waals surface area contributed by atoms with Crippen molar-refractivity contribution in [1.82, 2.24) is 0 Å². The van der Waals surface area contributed by atoms with Crippen LogP contribution in [0.1, 0.15) is 18.7 Å². The fourth-order valence-electron chi connectivity index (χ4n) is 2.24. The molecular weight excluding hydrogens is 284 g/mol. The molecule has 0 saturated carbocycles. The van der Waals surface area contributed by atoms with Crippen molar-refractivity contribution in [2.45, 2.75) is 26.9 Å². The van der Waals surface area contributed by atoms with Gasteiger partial charge in [0.25, 0.3) is 0 Å². The summed E-state index contributed by atoms with van der Waals surface area (Å²) in [6, 6.07) is 7.34. The zero-order chi connectivity index (χ0) is 15.0. The van der Waals surface area contributed by atoms with E-state index in [-0.39, 0.29) is 11.5 Å². The van der Waals surface area contributed by atoms with Crippen LogP contribution in [0.4, 0.5) is 0 Å². The van der Waals surface area contributed by atoms with E-state index in [1.807, 2.05) is 38.3 Å². The standard InChI is InChI=1S/C17H16O3S/c1-10(2)20-13-4-5-14-16(7-13)19-8-15(17(14)18)12-6-11(3)21-9-12/h4-10H,1-3H3. The molecule has 21 heavy (non-hydrogen) atoms. The normalized spacial score (nSPS) is 11.2. The van der Waals surface area contributed by atoms with Gasteiger partial charge in [0.1, 0.15) is 17.6 Å².